The van der Waals surface area contributed by atoms with E-state index in [0.29, 0.717) is 12.3 Å². The Morgan fingerprint density at radius 3 is 2.58 bits per heavy atom. The minimum atomic E-state index is -0.718. The van der Waals surface area contributed by atoms with E-state index < -0.39 is 5.97 Å². The molecule has 3 N–H and O–H groups in total. The van der Waals surface area contributed by atoms with E-state index in [9.17, 15) is 15.0 Å². The Morgan fingerprint density at radius 1 is 1.19 bits per heavy atom. The van der Waals surface area contributed by atoms with Crippen LogP contribution in [-0.4, -0.2) is 33.5 Å². The predicted molar refractivity (Wildman–Crippen MR) is 106 cm³/mol. The van der Waals surface area contributed by atoms with Gasteiger partial charge >= 0.3 is 5.97 Å². The quantitative estimate of drug-likeness (QED) is 0.295. The molecule has 0 amide bonds. The van der Waals surface area contributed by atoms with Gasteiger partial charge in [-0.3, -0.25) is 4.79 Å². The average molecular weight is 369 g/mol. The van der Waals surface area contributed by atoms with Crippen LogP contribution >= 0.6 is 0 Å². The third-order valence-electron chi connectivity index (χ3n) is 5.94. The van der Waals surface area contributed by atoms with Crippen molar-refractivity contribution in [2.24, 2.45) is 11.8 Å². The van der Waals surface area contributed by atoms with Crippen molar-refractivity contribution in [2.75, 3.05) is 0 Å². The molecule has 2 unspecified atom stereocenters. The number of aliphatic carboxylic acids is 1. The first-order chi connectivity index (χ1) is 12.5. The summed E-state index contributed by atoms with van der Waals surface area (Å²) in [6.45, 7) is 4.34. The Morgan fingerprint density at radius 2 is 1.92 bits per heavy atom. The van der Waals surface area contributed by atoms with Gasteiger partial charge in [0.05, 0.1) is 12.2 Å². The highest BCUT2D eigenvalue weighted by molar-refractivity contribution is 5.66. The van der Waals surface area contributed by atoms with Crippen LogP contribution in [0.5, 0.6) is 0 Å². The largest absolute Gasteiger partial charge is 0.481 e. The third kappa shape index (κ3) is 8.68. The summed E-state index contributed by atoms with van der Waals surface area (Å²) in [5.41, 5.74) is 1.33. The van der Waals surface area contributed by atoms with Crippen LogP contribution in [0.2, 0.25) is 0 Å². The molecule has 0 aromatic carbocycles. The van der Waals surface area contributed by atoms with E-state index in [1.165, 1.54) is 18.4 Å². The normalized spacial score (nSPS) is 24.1. The van der Waals surface area contributed by atoms with Crippen molar-refractivity contribution in [3.05, 3.63) is 11.6 Å². The molecule has 1 saturated carbocycles. The van der Waals surface area contributed by atoms with E-state index in [1.807, 2.05) is 0 Å². The maximum absolute atomic E-state index is 10.5. The molecule has 0 aliphatic heterocycles. The zero-order valence-corrected chi connectivity index (χ0v) is 16.8. The Balaban J connectivity index is 2.40. The molecule has 1 aliphatic rings. The standard InChI is InChI=1S/C22H40O4/c1-3-5-10-17(4-2)20(23)15-13-18-14-16-21(24)19(18)11-8-6-7-9-12-22(25)26/h13,17,19-21,23-24H,3-12,14-16H2,1-2H3,(H,25,26)/t17?,19-,20?,21-/m1/s1. The van der Waals surface area contributed by atoms with Gasteiger partial charge < -0.3 is 15.3 Å². The fourth-order valence-electron chi connectivity index (χ4n) is 4.17. The molecule has 4 nitrogen and oxygen atoms in total. The van der Waals surface area contributed by atoms with Gasteiger partial charge in [-0.1, -0.05) is 64.0 Å². The summed E-state index contributed by atoms with van der Waals surface area (Å²) in [7, 11) is 0. The minimum Gasteiger partial charge on any atom is -0.481 e. The molecule has 4 heteroatoms. The Labute approximate surface area is 159 Å². The number of carboxylic acids is 1. The second-order valence-electron chi connectivity index (χ2n) is 7.95. The minimum absolute atomic E-state index is 0.234. The molecule has 1 aliphatic carbocycles. The van der Waals surface area contributed by atoms with Crippen LogP contribution in [0.25, 0.3) is 0 Å². The van der Waals surface area contributed by atoms with Crippen molar-refractivity contribution in [3.63, 3.8) is 0 Å². The summed E-state index contributed by atoms with van der Waals surface area (Å²) in [6.07, 6.45) is 13.6. The Hall–Kier alpha value is -0.870. The second kappa shape index (κ2) is 13.3. The SMILES string of the molecule is CCCCC(CC)C(O)CC=C1CC[C@@H](O)[C@@H]1CCCCCCC(=O)O. The molecule has 0 aromatic heterocycles. The molecule has 0 spiro atoms. The van der Waals surface area contributed by atoms with E-state index in [2.05, 4.69) is 19.9 Å². The van der Waals surface area contributed by atoms with Crippen molar-refractivity contribution < 1.29 is 20.1 Å². The van der Waals surface area contributed by atoms with Crippen molar-refractivity contribution in [3.8, 4) is 0 Å². The zero-order chi connectivity index (χ0) is 19.4. The maximum atomic E-state index is 10.5. The molecule has 0 aromatic rings. The van der Waals surface area contributed by atoms with Crippen molar-refractivity contribution in [1.29, 1.82) is 0 Å². The van der Waals surface area contributed by atoms with Gasteiger partial charge in [0.1, 0.15) is 0 Å². The summed E-state index contributed by atoms with van der Waals surface area (Å²) in [5.74, 6) is -0.104. The molecule has 4 atom stereocenters. The van der Waals surface area contributed by atoms with Crippen LogP contribution in [-0.2, 0) is 4.79 Å². The van der Waals surface area contributed by atoms with Crippen LogP contribution in [0.15, 0.2) is 11.6 Å². The van der Waals surface area contributed by atoms with Gasteiger partial charge in [-0.15, -0.1) is 0 Å². The van der Waals surface area contributed by atoms with E-state index in [0.717, 1.165) is 57.8 Å². The first-order valence-corrected chi connectivity index (χ1v) is 10.8. The molecule has 0 radical (unpaired) electrons. The van der Waals surface area contributed by atoms with Gasteiger partial charge in [-0.2, -0.15) is 0 Å². The van der Waals surface area contributed by atoms with Gasteiger partial charge in [-0.05, 0) is 44.4 Å². The van der Waals surface area contributed by atoms with E-state index in [-0.39, 0.29) is 24.5 Å². The van der Waals surface area contributed by atoms with Gasteiger partial charge in [-0.25, -0.2) is 0 Å². The first kappa shape index (κ1) is 23.2. The maximum Gasteiger partial charge on any atom is 0.303 e. The van der Waals surface area contributed by atoms with Gasteiger partial charge in [0.15, 0.2) is 0 Å². The van der Waals surface area contributed by atoms with Gasteiger partial charge in [0.2, 0.25) is 0 Å². The summed E-state index contributed by atoms with van der Waals surface area (Å²) in [6, 6.07) is 0. The first-order valence-electron chi connectivity index (χ1n) is 10.8. The van der Waals surface area contributed by atoms with Crippen LogP contribution in [0.1, 0.15) is 97.3 Å². The number of carbonyl (C=O) groups is 1. The lowest BCUT2D eigenvalue weighted by atomic mass is 9.89. The molecule has 0 bridgehead atoms. The monoisotopic (exact) mass is 368 g/mol. The number of aliphatic hydroxyl groups excluding tert-OH is 2. The molecular weight excluding hydrogens is 328 g/mol. The number of unbranched alkanes of at least 4 members (excludes halogenated alkanes) is 4. The number of aliphatic hydroxyl groups is 2. The van der Waals surface area contributed by atoms with Crippen molar-refractivity contribution >= 4 is 5.97 Å². The number of hydrogen-bond acceptors (Lipinski definition) is 3. The summed E-state index contributed by atoms with van der Waals surface area (Å²) >= 11 is 0. The molecule has 152 valence electrons. The summed E-state index contributed by atoms with van der Waals surface area (Å²) in [5, 5.41) is 29.5. The van der Waals surface area contributed by atoms with Crippen molar-refractivity contribution in [1.82, 2.24) is 0 Å². The van der Waals surface area contributed by atoms with Gasteiger partial charge in [0, 0.05) is 12.3 Å². The zero-order valence-electron chi connectivity index (χ0n) is 16.8. The average Bonchev–Trinajstić information content (AvgIpc) is 2.96. The number of carboxylic acid groups (broad SMARTS) is 1. The lowest BCUT2D eigenvalue weighted by Crippen LogP contribution is -2.20. The predicted octanol–water partition coefficient (Wildman–Crippen LogP) is 5.08. The highest BCUT2D eigenvalue weighted by Crippen LogP contribution is 2.36. The van der Waals surface area contributed by atoms with E-state index in [1.54, 1.807) is 0 Å². The smallest absolute Gasteiger partial charge is 0.303 e. The molecule has 1 rings (SSSR count). The Bertz CT molecular complexity index is 418. The second-order valence-corrected chi connectivity index (χ2v) is 7.95. The summed E-state index contributed by atoms with van der Waals surface area (Å²) in [4.78, 5) is 10.5. The fourth-order valence-corrected chi connectivity index (χ4v) is 4.17. The fraction of sp³-hybridized carbons (Fsp3) is 0.864. The lowest BCUT2D eigenvalue weighted by molar-refractivity contribution is -0.137. The molecule has 0 heterocycles. The Kier molecular flexibility index (Phi) is 11.9. The highest BCUT2D eigenvalue weighted by atomic mass is 16.4. The molecule has 0 saturated heterocycles. The van der Waals surface area contributed by atoms with E-state index >= 15 is 0 Å². The molecule has 1 fully saturated rings. The van der Waals surface area contributed by atoms with Crippen LogP contribution in [0.4, 0.5) is 0 Å². The molecule has 26 heavy (non-hydrogen) atoms. The van der Waals surface area contributed by atoms with Crippen LogP contribution in [0, 0.1) is 11.8 Å². The van der Waals surface area contributed by atoms with Gasteiger partial charge in [0.25, 0.3) is 0 Å². The van der Waals surface area contributed by atoms with Crippen molar-refractivity contribution in [2.45, 2.75) is 110 Å². The highest BCUT2D eigenvalue weighted by Gasteiger charge is 2.29. The lowest BCUT2D eigenvalue weighted by Gasteiger charge is -2.21. The third-order valence-corrected chi connectivity index (χ3v) is 5.94. The molecular formula is C22H40O4. The topological polar surface area (TPSA) is 77.8 Å². The summed E-state index contributed by atoms with van der Waals surface area (Å²) < 4.78 is 0. The van der Waals surface area contributed by atoms with Crippen LogP contribution < -0.4 is 0 Å². The number of rotatable bonds is 14. The number of hydrogen-bond donors (Lipinski definition) is 3. The van der Waals surface area contributed by atoms with Crippen LogP contribution in [0.3, 0.4) is 0 Å². The van der Waals surface area contributed by atoms with E-state index in [4.69, 9.17) is 5.11 Å².